The van der Waals surface area contributed by atoms with Crippen molar-refractivity contribution in [2.24, 2.45) is 0 Å². The number of aromatic nitrogens is 4. The second kappa shape index (κ2) is 15.7. The lowest BCUT2D eigenvalue weighted by Gasteiger charge is -2.19. The van der Waals surface area contributed by atoms with Gasteiger partial charge in [-0.2, -0.15) is 23.7 Å². The zero-order chi connectivity index (χ0) is 43.1. The summed E-state index contributed by atoms with van der Waals surface area (Å²) in [5.41, 5.74) is 7.82. The van der Waals surface area contributed by atoms with Crippen molar-refractivity contribution in [3.63, 3.8) is 0 Å². The SMILES string of the molecule is N#Cc1cccc(-c2ccc3c4ccc(-c5cccc(C#N)c5)cc4n(-c4cc(-c5nc(-c6ccccc6)nc(-c6ccccc6)n5)ccc4-c4ccccc4C(F)(F)F)c3c2)c1. The minimum Gasteiger partial charge on any atom is -0.309 e. The molecule has 8 aromatic carbocycles. The van der Waals surface area contributed by atoms with E-state index in [4.69, 9.17) is 15.0 Å². The third-order valence-corrected chi connectivity index (χ3v) is 11.1. The zero-order valence-electron chi connectivity index (χ0n) is 33.2. The largest absolute Gasteiger partial charge is 0.417 e. The predicted octanol–water partition coefficient (Wildman–Crippen LogP) is 13.7. The Morgan fingerprint density at radius 2 is 0.841 bits per heavy atom. The Bertz CT molecular complexity index is 3300. The molecule has 0 bridgehead atoms. The van der Waals surface area contributed by atoms with Crippen molar-refractivity contribution in [1.82, 2.24) is 19.5 Å². The molecule has 0 amide bonds. The van der Waals surface area contributed by atoms with Crippen LogP contribution in [0.15, 0.2) is 188 Å². The summed E-state index contributed by atoms with van der Waals surface area (Å²) < 4.78 is 47.0. The Hall–Kier alpha value is -8.66. The van der Waals surface area contributed by atoms with Gasteiger partial charge < -0.3 is 4.57 Å². The molecule has 0 saturated heterocycles. The van der Waals surface area contributed by atoms with Crippen molar-refractivity contribution < 1.29 is 13.2 Å². The number of hydrogen-bond donors (Lipinski definition) is 0. The average molecular weight is 821 g/mol. The molecule has 0 aliphatic carbocycles. The normalized spacial score (nSPS) is 11.4. The van der Waals surface area contributed by atoms with E-state index in [9.17, 15) is 23.7 Å². The first kappa shape index (κ1) is 38.5. The Balaban J connectivity index is 1.31. The van der Waals surface area contributed by atoms with Crippen LogP contribution in [0.25, 0.3) is 95.0 Å². The first-order chi connectivity index (χ1) is 30.7. The lowest BCUT2D eigenvalue weighted by atomic mass is 9.95. The number of benzene rings is 8. The van der Waals surface area contributed by atoms with Crippen LogP contribution < -0.4 is 0 Å². The molecule has 10 rings (SSSR count). The van der Waals surface area contributed by atoms with E-state index < -0.39 is 11.7 Å². The smallest absolute Gasteiger partial charge is 0.309 e. The Morgan fingerprint density at radius 3 is 1.35 bits per heavy atom. The standard InChI is InChI=1S/C54H31F3N6/c55-54(56,57)47-20-8-7-19-43(47)44-26-23-42(53-61-51(36-13-3-1-4-14-36)60-52(62-53)37-15-5-2-6-16-37)31-50(44)63-48-29-40(38-17-9-11-34(27-38)32-58)21-24-45(48)46-25-22-41(30-49(46)63)39-18-10-12-35(28-39)33-59/h1-31H. The number of alkyl halides is 3. The highest BCUT2D eigenvalue weighted by molar-refractivity contribution is 6.12. The summed E-state index contributed by atoms with van der Waals surface area (Å²) in [5, 5.41) is 21.2. The minimum atomic E-state index is -4.66. The van der Waals surface area contributed by atoms with E-state index in [1.807, 2.05) is 144 Å². The highest BCUT2D eigenvalue weighted by Gasteiger charge is 2.34. The maximum atomic E-state index is 15.0. The van der Waals surface area contributed by atoms with Crippen LogP contribution in [0.2, 0.25) is 0 Å². The highest BCUT2D eigenvalue weighted by Crippen LogP contribution is 2.44. The molecular weight excluding hydrogens is 790 g/mol. The predicted molar refractivity (Wildman–Crippen MR) is 241 cm³/mol. The van der Waals surface area contributed by atoms with Crippen molar-refractivity contribution in [2.75, 3.05) is 0 Å². The van der Waals surface area contributed by atoms with Gasteiger partial charge in [0.2, 0.25) is 0 Å². The molecule has 10 aromatic rings. The number of nitrogens with zero attached hydrogens (tertiary/aromatic N) is 6. The van der Waals surface area contributed by atoms with Crippen molar-refractivity contribution in [2.45, 2.75) is 6.18 Å². The first-order valence-electron chi connectivity index (χ1n) is 20.0. The fourth-order valence-electron chi connectivity index (χ4n) is 8.16. The molecule has 9 heteroatoms. The number of rotatable bonds is 7. The van der Waals surface area contributed by atoms with Crippen LogP contribution in [0.3, 0.4) is 0 Å². The molecule has 6 nitrogen and oxygen atoms in total. The van der Waals surface area contributed by atoms with Crippen molar-refractivity contribution in [3.8, 4) is 85.4 Å². The molecule has 0 radical (unpaired) electrons. The summed E-state index contributed by atoms with van der Waals surface area (Å²) in [4.78, 5) is 14.8. The summed E-state index contributed by atoms with van der Waals surface area (Å²) in [7, 11) is 0. The number of fused-ring (bicyclic) bond motifs is 3. The third-order valence-electron chi connectivity index (χ3n) is 11.1. The van der Waals surface area contributed by atoms with Crippen LogP contribution in [-0.4, -0.2) is 19.5 Å². The summed E-state index contributed by atoms with van der Waals surface area (Å²) in [6.45, 7) is 0. The van der Waals surface area contributed by atoms with Crippen LogP contribution in [0.5, 0.6) is 0 Å². The number of hydrogen-bond acceptors (Lipinski definition) is 5. The van der Waals surface area contributed by atoms with Gasteiger partial charge in [0.1, 0.15) is 0 Å². The second-order valence-electron chi connectivity index (χ2n) is 15.0. The van der Waals surface area contributed by atoms with Crippen LogP contribution in [0.1, 0.15) is 16.7 Å². The molecule has 0 spiro atoms. The van der Waals surface area contributed by atoms with E-state index >= 15 is 0 Å². The fourth-order valence-corrected chi connectivity index (χ4v) is 8.16. The third kappa shape index (κ3) is 7.24. The van der Waals surface area contributed by atoms with Gasteiger partial charge in [-0.3, -0.25) is 0 Å². The van der Waals surface area contributed by atoms with E-state index in [1.165, 1.54) is 12.1 Å². The lowest BCUT2D eigenvalue weighted by molar-refractivity contribution is -0.137. The van der Waals surface area contributed by atoms with Gasteiger partial charge in [0.25, 0.3) is 0 Å². The summed E-state index contributed by atoms with van der Waals surface area (Å²) >= 11 is 0. The van der Waals surface area contributed by atoms with E-state index in [1.54, 1.807) is 30.3 Å². The second-order valence-corrected chi connectivity index (χ2v) is 15.0. The van der Waals surface area contributed by atoms with E-state index in [-0.39, 0.29) is 5.56 Å². The first-order valence-corrected chi connectivity index (χ1v) is 20.0. The molecule has 2 aromatic heterocycles. The van der Waals surface area contributed by atoms with Crippen LogP contribution >= 0.6 is 0 Å². The maximum absolute atomic E-state index is 15.0. The van der Waals surface area contributed by atoms with Gasteiger partial charge in [0.15, 0.2) is 17.5 Å². The molecule has 0 unspecified atom stereocenters. The van der Waals surface area contributed by atoms with Gasteiger partial charge in [-0.05, 0) is 76.3 Å². The van der Waals surface area contributed by atoms with Crippen molar-refractivity contribution in [3.05, 3.63) is 205 Å². The van der Waals surface area contributed by atoms with Gasteiger partial charge in [-0.25, -0.2) is 15.0 Å². The minimum absolute atomic E-state index is 0.00268. The number of nitriles is 2. The molecule has 0 aliphatic heterocycles. The van der Waals surface area contributed by atoms with Crippen LogP contribution in [0, 0.1) is 22.7 Å². The summed E-state index contributed by atoms with van der Waals surface area (Å²) in [6.07, 6.45) is -4.66. The Morgan fingerprint density at radius 1 is 0.397 bits per heavy atom. The molecule has 298 valence electrons. The Labute approximate surface area is 360 Å². The topological polar surface area (TPSA) is 91.2 Å². The molecule has 2 heterocycles. The van der Waals surface area contributed by atoms with Gasteiger partial charge in [0, 0.05) is 33.0 Å². The molecule has 63 heavy (non-hydrogen) atoms. The average Bonchev–Trinajstić information content (AvgIpc) is 3.66. The molecule has 0 atom stereocenters. The van der Waals surface area contributed by atoms with Crippen molar-refractivity contribution >= 4 is 21.8 Å². The highest BCUT2D eigenvalue weighted by atomic mass is 19.4. The van der Waals surface area contributed by atoms with E-state index in [0.29, 0.717) is 45.4 Å². The van der Waals surface area contributed by atoms with Gasteiger partial charge >= 0.3 is 6.18 Å². The molecule has 0 saturated carbocycles. The fraction of sp³-hybridized carbons (Fsp3) is 0.0185. The maximum Gasteiger partial charge on any atom is 0.417 e. The van der Waals surface area contributed by atoms with Crippen LogP contribution in [-0.2, 0) is 6.18 Å². The van der Waals surface area contributed by atoms with Gasteiger partial charge in [-0.1, -0.05) is 140 Å². The lowest BCUT2D eigenvalue weighted by Crippen LogP contribution is -2.08. The number of halogens is 3. The quantitative estimate of drug-likeness (QED) is 0.160. The van der Waals surface area contributed by atoms with Crippen molar-refractivity contribution in [1.29, 1.82) is 10.5 Å². The molecule has 0 fully saturated rings. The molecule has 0 aliphatic rings. The van der Waals surface area contributed by atoms with Crippen LogP contribution in [0.4, 0.5) is 13.2 Å². The molecular formula is C54H31F3N6. The Kier molecular flexibility index (Phi) is 9.63. The van der Waals surface area contributed by atoms with Gasteiger partial charge in [0.05, 0.1) is 45.5 Å². The monoisotopic (exact) mass is 820 g/mol. The zero-order valence-corrected chi connectivity index (χ0v) is 33.2. The summed E-state index contributed by atoms with van der Waals surface area (Å²) in [5.74, 6) is 1.22. The van der Waals surface area contributed by atoms with E-state index in [2.05, 4.69) is 12.1 Å². The summed E-state index contributed by atoms with van der Waals surface area (Å²) in [6, 6.07) is 61.1. The van der Waals surface area contributed by atoms with Gasteiger partial charge in [-0.15, -0.1) is 0 Å². The molecule has 0 N–H and O–H groups in total. The van der Waals surface area contributed by atoms with E-state index in [0.717, 1.165) is 61.3 Å².